The minimum Gasteiger partial charge on any atom is -0.391 e. The molecule has 0 spiro atoms. The van der Waals surface area contributed by atoms with Crippen LogP contribution in [0.3, 0.4) is 0 Å². The van der Waals surface area contributed by atoms with E-state index >= 15 is 0 Å². The minimum absolute atomic E-state index is 0.0971. The van der Waals surface area contributed by atoms with E-state index in [-0.39, 0.29) is 5.56 Å². The average molecular weight is 256 g/mol. The van der Waals surface area contributed by atoms with E-state index in [0.717, 1.165) is 31.9 Å². The smallest absolute Gasteiger partial charge is 0.292 e. The zero-order chi connectivity index (χ0) is 13.7. The van der Waals surface area contributed by atoms with Crippen LogP contribution in [0.2, 0.25) is 0 Å². The highest BCUT2D eigenvalue weighted by molar-refractivity contribution is 5.60. The standard InChI is InChI=1S/C12H25N5O/c1-5-16-11(14-8-7-9-15(3)4)10(13)12(18)17(16)6-2/h14H,5-9,13H2,1-4H3/p+1. The summed E-state index contributed by atoms with van der Waals surface area (Å²) in [5.74, 6) is 0.762. The number of hydrogen-bond donors (Lipinski definition) is 3. The fourth-order valence-corrected chi connectivity index (χ4v) is 2.09. The van der Waals surface area contributed by atoms with Crippen LogP contribution in [0.4, 0.5) is 11.5 Å². The van der Waals surface area contributed by atoms with E-state index in [1.165, 1.54) is 4.90 Å². The Hall–Kier alpha value is -1.43. The van der Waals surface area contributed by atoms with Crippen molar-refractivity contribution in [2.75, 3.05) is 38.2 Å². The van der Waals surface area contributed by atoms with Crippen molar-refractivity contribution < 1.29 is 4.90 Å². The van der Waals surface area contributed by atoms with Gasteiger partial charge in [0.15, 0.2) is 0 Å². The molecule has 1 rings (SSSR count). The van der Waals surface area contributed by atoms with Gasteiger partial charge >= 0.3 is 0 Å². The SMILES string of the molecule is CCn1c(NCCC[NH+](C)C)c(N)c(=O)n1CC. The third-order valence-electron chi connectivity index (χ3n) is 3.01. The summed E-state index contributed by atoms with van der Waals surface area (Å²) in [6.07, 6.45) is 1.05. The van der Waals surface area contributed by atoms with Crippen LogP contribution in [-0.4, -0.2) is 36.5 Å². The molecule has 6 heteroatoms. The van der Waals surface area contributed by atoms with Gasteiger partial charge in [0.05, 0.1) is 20.6 Å². The van der Waals surface area contributed by atoms with Crippen molar-refractivity contribution in [2.45, 2.75) is 33.4 Å². The number of quaternary nitrogens is 1. The predicted octanol–water partition coefficient (Wildman–Crippen LogP) is -0.782. The Morgan fingerprint density at radius 3 is 2.33 bits per heavy atom. The predicted molar refractivity (Wildman–Crippen MR) is 75.2 cm³/mol. The van der Waals surface area contributed by atoms with Crippen LogP contribution in [0.1, 0.15) is 20.3 Å². The number of nitrogens with two attached hydrogens (primary N) is 1. The number of anilines is 2. The highest BCUT2D eigenvalue weighted by Crippen LogP contribution is 2.15. The molecule has 0 saturated carbocycles. The van der Waals surface area contributed by atoms with Crippen molar-refractivity contribution in [1.29, 1.82) is 0 Å². The maximum atomic E-state index is 11.9. The molecule has 0 saturated heterocycles. The van der Waals surface area contributed by atoms with Crippen molar-refractivity contribution in [2.24, 2.45) is 0 Å². The van der Waals surface area contributed by atoms with E-state index in [4.69, 9.17) is 5.73 Å². The lowest BCUT2D eigenvalue weighted by molar-refractivity contribution is -0.858. The van der Waals surface area contributed by atoms with E-state index in [0.29, 0.717) is 12.2 Å². The molecule has 0 radical (unpaired) electrons. The Balaban J connectivity index is 2.79. The summed E-state index contributed by atoms with van der Waals surface area (Å²) in [6, 6.07) is 0. The first kappa shape index (κ1) is 14.6. The first-order valence-corrected chi connectivity index (χ1v) is 6.64. The van der Waals surface area contributed by atoms with E-state index in [9.17, 15) is 4.79 Å². The van der Waals surface area contributed by atoms with E-state index in [1.54, 1.807) is 4.68 Å². The number of nitrogens with zero attached hydrogens (tertiary/aromatic N) is 2. The second kappa shape index (κ2) is 6.49. The topological polar surface area (TPSA) is 69.4 Å². The molecule has 18 heavy (non-hydrogen) atoms. The summed E-state index contributed by atoms with van der Waals surface area (Å²) in [6.45, 7) is 7.27. The monoisotopic (exact) mass is 256 g/mol. The van der Waals surface area contributed by atoms with Gasteiger partial charge in [0, 0.05) is 26.1 Å². The normalized spacial score (nSPS) is 11.2. The molecule has 0 bridgehead atoms. The first-order chi connectivity index (χ1) is 8.52. The molecule has 6 nitrogen and oxygen atoms in total. The molecule has 104 valence electrons. The van der Waals surface area contributed by atoms with Gasteiger partial charge in [-0.15, -0.1) is 0 Å². The van der Waals surface area contributed by atoms with Crippen molar-refractivity contribution >= 4 is 11.5 Å². The summed E-state index contributed by atoms with van der Waals surface area (Å²) < 4.78 is 3.59. The van der Waals surface area contributed by atoms with E-state index in [2.05, 4.69) is 19.4 Å². The third-order valence-corrected chi connectivity index (χ3v) is 3.01. The molecule has 0 aliphatic heterocycles. The fraction of sp³-hybridized carbons (Fsp3) is 0.750. The van der Waals surface area contributed by atoms with Crippen LogP contribution in [-0.2, 0) is 13.1 Å². The van der Waals surface area contributed by atoms with Gasteiger partial charge < -0.3 is 16.0 Å². The lowest BCUT2D eigenvalue weighted by atomic mass is 10.4. The summed E-state index contributed by atoms with van der Waals surface area (Å²) in [5.41, 5.74) is 6.11. The van der Waals surface area contributed by atoms with Crippen LogP contribution < -0.4 is 21.5 Å². The molecule has 4 N–H and O–H groups in total. The zero-order valence-corrected chi connectivity index (χ0v) is 11.9. The van der Waals surface area contributed by atoms with Gasteiger partial charge in [-0.3, -0.25) is 9.48 Å². The van der Waals surface area contributed by atoms with Gasteiger partial charge in [-0.05, 0) is 13.8 Å². The molecule has 1 heterocycles. The van der Waals surface area contributed by atoms with Crippen LogP contribution in [0.15, 0.2) is 4.79 Å². The van der Waals surface area contributed by atoms with Crippen LogP contribution in [0.25, 0.3) is 0 Å². The number of nitrogens with one attached hydrogen (secondary N) is 2. The van der Waals surface area contributed by atoms with Gasteiger partial charge in [-0.1, -0.05) is 0 Å². The fourth-order valence-electron chi connectivity index (χ4n) is 2.09. The minimum atomic E-state index is -0.0971. The van der Waals surface area contributed by atoms with Crippen molar-refractivity contribution in [3.63, 3.8) is 0 Å². The summed E-state index contributed by atoms with van der Waals surface area (Å²) in [7, 11) is 4.26. The number of hydrogen-bond acceptors (Lipinski definition) is 3. The van der Waals surface area contributed by atoms with Crippen LogP contribution >= 0.6 is 0 Å². The molecule has 0 unspecified atom stereocenters. The Morgan fingerprint density at radius 2 is 1.83 bits per heavy atom. The third kappa shape index (κ3) is 3.07. The largest absolute Gasteiger partial charge is 0.391 e. The molecule has 0 atom stereocenters. The average Bonchev–Trinajstić information content (AvgIpc) is 2.57. The maximum Gasteiger partial charge on any atom is 0.292 e. The highest BCUT2D eigenvalue weighted by atomic mass is 16.1. The summed E-state index contributed by atoms with van der Waals surface area (Å²) in [5, 5.41) is 3.29. The molecule has 0 aromatic carbocycles. The molecule has 1 aromatic heterocycles. The molecule has 0 amide bonds. The second-order valence-corrected chi connectivity index (χ2v) is 4.74. The van der Waals surface area contributed by atoms with E-state index < -0.39 is 0 Å². The Labute approximate surface area is 108 Å². The summed E-state index contributed by atoms with van der Waals surface area (Å²) in [4.78, 5) is 13.3. The lowest BCUT2D eigenvalue weighted by Gasteiger charge is -2.13. The van der Waals surface area contributed by atoms with Crippen molar-refractivity contribution in [3.05, 3.63) is 10.4 Å². The zero-order valence-electron chi connectivity index (χ0n) is 11.9. The molecular weight excluding hydrogens is 230 g/mol. The number of aromatic nitrogens is 2. The van der Waals surface area contributed by atoms with E-state index in [1.807, 2.05) is 18.5 Å². The Kier molecular flexibility index (Phi) is 5.27. The molecule has 0 fully saturated rings. The molecular formula is C12H26N5O+. The maximum absolute atomic E-state index is 11.9. The van der Waals surface area contributed by atoms with Crippen molar-refractivity contribution in [3.8, 4) is 0 Å². The second-order valence-electron chi connectivity index (χ2n) is 4.74. The van der Waals surface area contributed by atoms with Gasteiger partial charge in [0.1, 0.15) is 11.5 Å². The Morgan fingerprint density at radius 1 is 1.22 bits per heavy atom. The van der Waals surface area contributed by atoms with Gasteiger partial charge in [0.2, 0.25) is 0 Å². The number of rotatable bonds is 7. The summed E-state index contributed by atoms with van der Waals surface area (Å²) >= 11 is 0. The highest BCUT2D eigenvalue weighted by Gasteiger charge is 2.15. The number of nitrogen functional groups attached to an aromatic ring is 1. The van der Waals surface area contributed by atoms with Crippen LogP contribution in [0, 0.1) is 0 Å². The molecule has 0 aliphatic carbocycles. The quantitative estimate of drug-likeness (QED) is 0.561. The first-order valence-electron chi connectivity index (χ1n) is 6.64. The van der Waals surface area contributed by atoms with Gasteiger partial charge in [-0.2, -0.15) is 0 Å². The van der Waals surface area contributed by atoms with Crippen molar-refractivity contribution in [1.82, 2.24) is 9.36 Å². The molecule has 0 aliphatic rings. The van der Waals surface area contributed by atoms with Crippen LogP contribution in [0.5, 0.6) is 0 Å². The Bertz CT molecular complexity index is 432. The van der Waals surface area contributed by atoms with Gasteiger partial charge in [0.25, 0.3) is 5.56 Å². The van der Waals surface area contributed by atoms with Gasteiger partial charge in [-0.25, -0.2) is 4.68 Å². The molecule has 1 aromatic rings. The lowest BCUT2D eigenvalue weighted by Crippen LogP contribution is -3.05.